The van der Waals surface area contributed by atoms with E-state index in [-0.39, 0.29) is 30.9 Å². The molecule has 1 fully saturated rings. The fraction of sp³-hybridized carbons (Fsp3) is 0.529. The molecule has 3 N–H and O–H groups in total. The minimum absolute atomic E-state index is 0.0246. The number of nitrogens with one attached hydrogen (secondary N) is 1. The van der Waals surface area contributed by atoms with Gasteiger partial charge in [-0.15, -0.1) is 0 Å². The van der Waals surface area contributed by atoms with E-state index in [1.54, 1.807) is 4.90 Å². The third-order valence-corrected chi connectivity index (χ3v) is 4.37. The lowest BCUT2D eigenvalue weighted by atomic mass is 10.0. The highest BCUT2D eigenvalue weighted by atomic mass is 16.2. The molecule has 2 amide bonds. The number of likely N-dealkylation sites (tertiary alicyclic amines) is 1. The van der Waals surface area contributed by atoms with Gasteiger partial charge in [0, 0.05) is 32.7 Å². The summed E-state index contributed by atoms with van der Waals surface area (Å²) in [5.41, 5.74) is 6.53. The quantitative estimate of drug-likeness (QED) is 0.784. The van der Waals surface area contributed by atoms with Crippen LogP contribution in [0.15, 0.2) is 30.3 Å². The van der Waals surface area contributed by atoms with E-state index in [0.717, 1.165) is 32.5 Å². The van der Waals surface area contributed by atoms with Gasteiger partial charge in [-0.05, 0) is 18.4 Å². The van der Waals surface area contributed by atoms with E-state index in [2.05, 4.69) is 34.5 Å². The number of rotatable bonds is 6. The lowest BCUT2D eigenvalue weighted by Gasteiger charge is -2.36. The number of carbonyl (C=O) groups is 2. The van der Waals surface area contributed by atoms with Crippen LogP contribution in [0, 0.1) is 0 Å². The van der Waals surface area contributed by atoms with Gasteiger partial charge in [-0.25, -0.2) is 0 Å². The van der Waals surface area contributed by atoms with Crippen LogP contribution in [0.5, 0.6) is 0 Å². The van der Waals surface area contributed by atoms with Crippen LogP contribution in [-0.4, -0.2) is 60.9 Å². The Labute approximate surface area is 137 Å². The number of likely N-dealkylation sites (N-methyl/N-ethyl adjacent to an activating group) is 1. The second-order valence-electron chi connectivity index (χ2n) is 5.98. The maximum atomic E-state index is 12.1. The zero-order valence-corrected chi connectivity index (χ0v) is 13.7. The number of benzene rings is 1. The highest BCUT2D eigenvalue weighted by Gasteiger charge is 2.25. The highest BCUT2D eigenvalue weighted by molar-refractivity contribution is 5.85. The molecule has 0 radical (unpaired) electrons. The van der Waals surface area contributed by atoms with Crippen LogP contribution in [-0.2, 0) is 16.1 Å². The Hall–Kier alpha value is -1.92. The van der Waals surface area contributed by atoms with Crippen molar-refractivity contribution in [2.75, 3.05) is 33.2 Å². The molecule has 0 aromatic heterocycles. The molecule has 0 saturated carbocycles. The third-order valence-electron chi connectivity index (χ3n) is 4.37. The number of hydrogen-bond acceptors (Lipinski definition) is 4. The van der Waals surface area contributed by atoms with Crippen LogP contribution in [0.1, 0.15) is 18.4 Å². The zero-order chi connectivity index (χ0) is 16.7. The Morgan fingerprint density at radius 2 is 1.91 bits per heavy atom. The van der Waals surface area contributed by atoms with Gasteiger partial charge in [-0.2, -0.15) is 0 Å². The molecule has 1 aromatic carbocycles. The van der Waals surface area contributed by atoms with Crippen molar-refractivity contribution in [3.05, 3.63) is 35.9 Å². The average Bonchev–Trinajstić information content (AvgIpc) is 2.60. The first kappa shape index (κ1) is 17.4. The summed E-state index contributed by atoms with van der Waals surface area (Å²) < 4.78 is 0. The van der Waals surface area contributed by atoms with Crippen LogP contribution in [0.25, 0.3) is 0 Å². The lowest BCUT2D eigenvalue weighted by Crippen LogP contribution is -2.48. The monoisotopic (exact) mass is 318 g/mol. The van der Waals surface area contributed by atoms with Crippen LogP contribution < -0.4 is 11.1 Å². The summed E-state index contributed by atoms with van der Waals surface area (Å²) >= 11 is 0. The summed E-state index contributed by atoms with van der Waals surface area (Å²) in [4.78, 5) is 27.4. The topological polar surface area (TPSA) is 78.7 Å². The molecule has 0 atom stereocenters. The average molecular weight is 318 g/mol. The molecule has 126 valence electrons. The van der Waals surface area contributed by atoms with Crippen LogP contribution in [0.3, 0.4) is 0 Å². The predicted molar refractivity (Wildman–Crippen MR) is 89.6 cm³/mol. The second-order valence-corrected chi connectivity index (χ2v) is 5.98. The molecule has 0 bridgehead atoms. The molecule has 1 aliphatic rings. The smallest absolute Gasteiger partial charge is 0.241 e. The Morgan fingerprint density at radius 1 is 1.26 bits per heavy atom. The summed E-state index contributed by atoms with van der Waals surface area (Å²) in [6.07, 6.45) is 1.92. The van der Waals surface area contributed by atoms with Gasteiger partial charge in [0.1, 0.15) is 0 Å². The minimum atomic E-state index is -0.301. The second kappa shape index (κ2) is 8.64. The van der Waals surface area contributed by atoms with Crippen molar-refractivity contribution in [2.45, 2.75) is 25.4 Å². The number of piperidine rings is 1. The Kier molecular flexibility index (Phi) is 6.55. The van der Waals surface area contributed by atoms with E-state index in [1.165, 1.54) is 5.56 Å². The SMILES string of the molecule is CN(C(=O)CNC(=O)CN)C1CCN(Cc2ccccc2)CC1. The Morgan fingerprint density at radius 3 is 2.52 bits per heavy atom. The number of nitrogens with zero attached hydrogens (tertiary/aromatic N) is 2. The fourth-order valence-electron chi connectivity index (χ4n) is 2.88. The highest BCUT2D eigenvalue weighted by Crippen LogP contribution is 2.17. The molecule has 0 aliphatic carbocycles. The number of hydrogen-bond donors (Lipinski definition) is 2. The van der Waals surface area contributed by atoms with Crippen molar-refractivity contribution in [3.8, 4) is 0 Å². The molecular weight excluding hydrogens is 292 g/mol. The summed E-state index contributed by atoms with van der Waals surface area (Å²) in [5.74, 6) is -0.363. The first-order chi connectivity index (χ1) is 11.1. The maximum absolute atomic E-state index is 12.1. The molecule has 1 aromatic rings. The standard InChI is InChI=1S/C17H26N4O2/c1-20(17(23)12-19-16(22)11-18)15-7-9-21(10-8-15)13-14-5-3-2-4-6-14/h2-6,15H,7-13,18H2,1H3,(H,19,22). The van der Waals surface area contributed by atoms with E-state index >= 15 is 0 Å². The van der Waals surface area contributed by atoms with Crippen molar-refractivity contribution >= 4 is 11.8 Å². The minimum Gasteiger partial charge on any atom is -0.346 e. The predicted octanol–water partition coefficient (Wildman–Crippen LogP) is 0.184. The van der Waals surface area contributed by atoms with Gasteiger partial charge in [-0.1, -0.05) is 30.3 Å². The van der Waals surface area contributed by atoms with Gasteiger partial charge in [0.05, 0.1) is 13.1 Å². The van der Waals surface area contributed by atoms with Gasteiger partial charge < -0.3 is 16.0 Å². The van der Waals surface area contributed by atoms with E-state index in [0.29, 0.717) is 0 Å². The zero-order valence-electron chi connectivity index (χ0n) is 13.7. The first-order valence-electron chi connectivity index (χ1n) is 8.09. The molecule has 6 heteroatoms. The van der Waals surface area contributed by atoms with Crippen molar-refractivity contribution in [1.82, 2.24) is 15.1 Å². The lowest BCUT2D eigenvalue weighted by molar-refractivity contribution is -0.134. The van der Waals surface area contributed by atoms with E-state index in [4.69, 9.17) is 5.73 Å². The van der Waals surface area contributed by atoms with Crippen molar-refractivity contribution in [3.63, 3.8) is 0 Å². The van der Waals surface area contributed by atoms with Crippen molar-refractivity contribution in [1.29, 1.82) is 0 Å². The number of nitrogens with two attached hydrogens (primary N) is 1. The number of amides is 2. The number of carbonyl (C=O) groups excluding carboxylic acids is 2. The molecule has 1 aliphatic heterocycles. The van der Waals surface area contributed by atoms with Gasteiger partial charge in [0.2, 0.25) is 11.8 Å². The summed E-state index contributed by atoms with van der Waals surface area (Å²) in [5, 5.41) is 2.53. The largest absolute Gasteiger partial charge is 0.346 e. The van der Waals surface area contributed by atoms with Crippen LogP contribution in [0.4, 0.5) is 0 Å². The van der Waals surface area contributed by atoms with E-state index in [9.17, 15) is 9.59 Å². The summed E-state index contributed by atoms with van der Waals surface area (Å²) in [7, 11) is 1.81. The van der Waals surface area contributed by atoms with Gasteiger partial charge >= 0.3 is 0 Å². The Balaban J connectivity index is 1.75. The molecule has 2 rings (SSSR count). The van der Waals surface area contributed by atoms with Crippen LogP contribution in [0.2, 0.25) is 0 Å². The van der Waals surface area contributed by atoms with E-state index in [1.807, 2.05) is 13.1 Å². The normalized spacial score (nSPS) is 16.1. The molecule has 1 heterocycles. The van der Waals surface area contributed by atoms with E-state index < -0.39 is 0 Å². The molecule has 1 saturated heterocycles. The van der Waals surface area contributed by atoms with Gasteiger partial charge in [0.25, 0.3) is 0 Å². The third kappa shape index (κ3) is 5.33. The van der Waals surface area contributed by atoms with Gasteiger partial charge in [0.15, 0.2) is 0 Å². The molecule has 6 nitrogen and oxygen atoms in total. The molecule has 0 unspecified atom stereocenters. The van der Waals surface area contributed by atoms with Crippen LogP contribution >= 0.6 is 0 Å². The summed E-state index contributed by atoms with van der Waals surface area (Å²) in [6, 6.07) is 10.7. The van der Waals surface area contributed by atoms with Gasteiger partial charge in [-0.3, -0.25) is 14.5 Å². The Bertz CT molecular complexity index is 513. The molecule has 23 heavy (non-hydrogen) atoms. The summed E-state index contributed by atoms with van der Waals surface area (Å²) in [6.45, 7) is 2.85. The molecule has 0 spiro atoms. The van der Waals surface area contributed by atoms with Crippen molar-refractivity contribution < 1.29 is 9.59 Å². The fourth-order valence-corrected chi connectivity index (χ4v) is 2.88. The maximum Gasteiger partial charge on any atom is 0.241 e. The molecular formula is C17H26N4O2. The first-order valence-corrected chi connectivity index (χ1v) is 8.09. The van der Waals surface area contributed by atoms with Crippen molar-refractivity contribution in [2.24, 2.45) is 5.73 Å².